The van der Waals surface area contributed by atoms with Crippen LogP contribution in [0.25, 0.3) is 6.08 Å². The summed E-state index contributed by atoms with van der Waals surface area (Å²) >= 11 is 0. The van der Waals surface area contributed by atoms with E-state index in [0.29, 0.717) is 41.1 Å². The van der Waals surface area contributed by atoms with Crippen molar-refractivity contribution in [2.24, 2.45) is 11.8 Å². The summed E-state index contributed by atoms with van der Waals surface area (Å²) in [4.78, 5) is 0. The fourth-order valence-electron chi connectivity index (χ4n) is 5.43. The standard InChI is InChI=1S/C33H40O8/c1-35-26-13-10-21(16-29(26)38-4)8-7-9-23-17-25(32(34)22-11-14-27(36-2)30(18-22)39-5)20-41-33(23)24-12-15-28(37-3)31(19-24)40-6/h7-8,10-16,18-19,23,25,32-34H,9,17,20H2,1-6H3/b8-7+/t23-,25+,32-,33+/m1/s1. The van der Waals surface area contributed by atoms with Gasteiger partial charge in [0, 0.05) is 5.92 Å². The van der Waals surface area contributed by atoms with E-state index in [1.54, 1.807) is 42.7 Å². The van der Waals surface area contributed by atoms with E-state index in [2.05, 4.69) is 12.2 Å². The summed E-state index contributed by atoms with van der Waals surface area (Å²) in [5.41, 5.74) is 2.77. The second-order valence-corrected chi connectivity index (χ2v) is 9.94. The number of aliphatic hydroxyl groups is 1. The van der Waals surface area contributed by atoms with Gasteiger partial charge in [0.15, 0.2) is 34.5 Å². The van der Waals surface area contributed by atoms with Crippen molar-refractivity contribution < 1.29 is 38.3 Å². The molecule has 1 aliphatic heterocycles. The SMILES string of the molecule is COc1ccc(/C=C/C[C@@H]2C[C@H]([C@H](O)c3ccc(OC)c(OC)c3)CO[C@@H]2c2ccc(OC)c(OC)c2)cc1OC. The smallest absolute Gasteiger partial charge is 0.161 e. The molecule has 220 valence electrons. The van der Waals surface area contributed by atoms with Crippen LogP contribution in [0.5, 0.6) is 34.5 Å². The van der Waals surface area contributed by atoms with Crippen LogP contribution in [0.2, 0.25) is 0 Å². The van der Waals surface area contributed by atoms with Crippen LogP contribution in [0.3, 0.4) is 0 Å². The summed E-state index contributed by atoms with van der Waals surface area (Å²) in [5.74, 6) is 3.87. The molecule has 1 aliphatic rings. The average Bonchev–Trinajstić information content (AvgIpc) is 3.03. The maximum Gasteiger partial charge on any atom is 0.161 e. The van der Waals surface area contributed by atoms with E-state index < -0.39 is 6.10 Å². The van der Waals surface area contributed by atoms with Crippen molar-refractivity contribution >= 4 is 6.08 Å². The molecule has 0 bridgehead atoms. The lowest BCUT2D eigenvalue weighted by Crippen LogP contribution is -2.32. The summed E-state index contributed by atoms with van der Waals surface area (Å²) in [7, 11) is 9.68. The third kappa shape index (κ3) is 6.89. The van der Waals surface area contributed by atoms with E-state index in [-0.39, 0.29) is 17.9 Å². The molecule has 0 amide bonds. The lowest BCUT2D eigenvalue weighted by Gasteiger charge is -2.38. The van der Waals surface area contributed by atoms with Crippen LogP contribution in [0.4, 0.5) is 0 Å². The van der Waals surface area contributed by atoms with Crippen molar-refractivity contribution in [1.82, 2.24) is 0 Å². The van der Waals surface area contributed by atoms with Gasteiger partial charge in [-0.25, -0.2) is 0 Å². The van der Waals surface area contributed by atoms with Gasteiger partial charge in [0.25, 0.3) is 0 Å². The van der Waals surface area contributed by atoms with Crippen LogP contribution in [-0.4, -0.2) is 54.4 Å². The molecular formula is C33H40O8. The summed E-state index contributed by atoms with van der Waals surface area (Å²) in [6, 6.07) is 17.2. The van der Waals surface area contributed by atoms with E-state index >= 15 is 0 Å². The second-order valence-electron chi connectivity index (χ2n) is 9.94. The highest BCUT2D eigenvalue weighted by molar-refractivity contribution is 5.56. The van der Waals surface area contributed by atoms with Crippen LogP contribution in [0.1, 0.15) is 41.7 Å². The number of rotatable bonds is 12. The van der Waals surface area contributed by atoms with Crippen molar-refractivity contribution in [3.8, 4) is 34.5 Å². The van der Waals surface area contributed by atoms with E-state index in [9.17, 15) is 5.11 Å². The normalized spacial score (nSPS) is 19.4. The second kappa shape index (κ2) is 14.1. The summed E-state index contributed by atoms with van der Waals surface area (Å²) in [6.07, 6.45) is 4.81. The highest BCUT2D eigenvalue weighted by Gasteiger charge is 2.36. The van der Waals surface area contributed by atoms with Gasteiger partial charge in [-0.2, -0.15) is 0 Å². The fourth-order valence-corrected chi connectivity index (χ4v) is 5.43. The van der Waals surface area contributed by atoms with Gasteiger partial charge in [-0.3, -0.25) is 0 Å². The number of allylic oxidation sites excluding steroid dienone is 1. The van der Waals surface area contributed by atoms with Crippen LogP contribution in [0, 0.1) is 11.8 Å². The molecular weight excluding hydrogens is 524 g/mol. The Morgan fingerprint density at radius 1 is 0.732 bits per heavy atom. The van der Waals surface area contributed by atoms with Crippen molar-refractivity contribution in [2.45, 2.75) is 25.0 Å². The van der Waals surface area contributed by atoms with Gasteiger partial charge in [-0.15, -0.1) is 0 Å². The Kier molecular flexibility index (Phi) is 10.4. The van der Waals surface area contributed by atoms with Crippen LogP contribution >= 0.6 is 0 Å². The van der Waals surface area contributed by atoms with Crippen molar-refractivity contribution in [2.75, 3.05) is 49.3 Å². The van der Waals surface area contributed by atoms with Gasteiger partial charge >= 0.3 is 0 Å². The maximum atomic E-state index is 11.4. The molecule has 1 heterocycles. The quantitative estimate of drug-likeness (QED) is 0.276. The first-order valence-electron chi connectivity index (χ1n) is 13.6. The molecule has 0 spiro atoms. The molecule has 4 atom stereocenters. The van der Waals surface area contributed by atoms with E-state index in [0.717, 1.165) is 29.5 Å². The molecule has 0 aromatic heterocycles. The third-order valence-corrected chi connectivity index (χ3v) is 7.61. The van der Waals surface area contributed by atoms with Crippen LogP contribution in [-0.2, 0) is 4.74 Å². The van der Waals surface area contributed by atoms with Crippen molar-refractivity contribution in [1.29, 1.82) is 0 Å². The number of aliphatic hydroxyl groups excluding tert-OH is 1. The molecule has 1 N–H and O–H groups in total. The molecule has 0 saturated carbocycles. The van der Waals surface area contributed by atoms with Gasteiger partial charge in [-0.05, 0) is 71.8 Å². The fraction of sp³-hybridized carbons (Fsp3) is 0.394. The summed E-state index contributed by atoms with van der Waals surface area (Å²) in [5, 5.41) is 11.4. The Bertz CT molecular complexity index is 1320. The van der Waals surface area contributed by atoms with Crippen molar-refractivity contribution in [3.63, 3.8) is 0 Å². The molecule has 0 unspecified atom stereocenters. The van der Waals surface area contributed by atoms with Gasteiger partial charge in [-0.1, -0.05) is 30.4 Å². The zero-order chi connectivity index (χ0) is 29.4. The molecule has 1 saturated heterocycles. The number of hydrogen-bond donors (Lipinski definition) is 1. The molecule has 0 aliphatic carbocycles. The Hall–Kier alpha value is -3.88. The molecule has 3 aromatic rings. The van der Waals surface area contributed by atoms with Gasteiger partial charge < -0.3 is 38.3 Å². The van der Waals surface area contributed by atoms with Gasteiger partial charge in [0.05, 0.1) is 61.5 Å². The minimum Gasteiger partial charge on any atom is -0.493 e. The Labute approximate surface area is 242 Å². The number of benzene rings is 3. The number of hydrogen-bond acceptors (Lipinski definition) is 8. The highest BCUT2D eigenvalue weighted by atomic mass is 16.5. The highest BCUT2D eigenvalue weighted by Crippen LogP contribution is 2.44. The molecule has 0 radical (unpaired) electrons. The predicted octanol–water partition coefficient (Wildman–Crippen LogP) is 6.27. The molecule has 41 heavy (non-hydrogen) atoms. The Morgan fingerprint density at radius 2 is 1.29 bits per heavy atom. The first-order valence-corrected chi connectivity index (χ1v) is 13.6. The third-order valence-electron chi connectivity index (χ3n) is 7.61. The maximum absolute atomic E-state index is 11.4. The van der Waals surface area contributed by atoms with Crippen molar-refractivity contribution in [3.05, 3.63) is 77.4 Å². The van der Waals surface area contributed by atoms with Crippen LogP contribution < -0.4 is 28.4 Å². The lowest BCUT2D eigenvalue weighted by molar-refractivity contribution is -0.0901. The molecule has 3 aromatic carbocycles. The summed E-state index contributed by atoms with van der Waals surface area (Å²) < 4.78 is 39.1. The topological polar surface area (TPSA) is 84.8 Å². The first-order chi connectivity index (χ1) is 20.0. The summed E-state index contributed by atoms with van der Waals surface area (Å²) in [6.45, 7) is 0.407. The minimum absolute atomic E-state index is 0.0954. The first kappa shape index (κ1) is 30.1. The lowest BCUT2D eigenvalue weighted by atomic mass is 9.79. The van der Waals surface area contributed by atoms with E-state index in [1.165, 1.54) is 0 Å². The van der Waals surface area contributed by atoms with Gasteiger partial charge in [0.2, 0.25) is 0 Å². The Morgan fingerprint density at radius 3 is 1.93 bits per heavy atom. The number of methoxy groups -OCH3 is 6. The van der Waals surface area contributed by atoms with E-state index in [4.69, 9.17) is 33.2 Å². The van der Waals surface area contributed by atoms with Crippen LogP contribution in [0.15, 0.2) is 60.7 Å². The largest absolute Gasteiger partial charge is 0.493 e. The molecule has 8 heteroatoms. The van der Waals surface area contributed by atoms with Gasteiger partial charge in [0.1, 0.15) is 0 Å². The Balaban J connectivity index is 1.59. The predicted molar refractivity (Wildman–Crippen MR) is 158 cm³/mol. The minimum atomic E-state index is -0.724. The monoisotopic (exact) mass is 564 g/mol. The molecule has 8 nitrogen and oxygen atoms in total. The molecule has 1 fully saturated rings. The zero-order valence-corrected chi connectivity index (χ0v) is 24.6. The average molecular weight is 565 g/mol. The zero-order valence-electron chi connectivity index (χ0n) is 24.6. The van der Waals surface area contributed by atoms with E-state index in [1.807, 2.05) is 54.6 Å². The number of ether oxygens (including phenoxy) is 7. The molecule has 4 rings (SSSR count).